The molecule has 0 aliphatic rings. The molecular weight excluding hydrogens is 258 g/mol. The van der Waals surface area contributed by atoms with Crippen LogP contribution >= 0.6 is 0 Å². The number of rotatable bonds is 6. The number of benzene rings is 1. The second-order valence-corrected chi connectivity index (χ2v) is 3.84. The summed E-state index contributed by atoms with van der Waals surface area (Å²) in [7, 11) is 0. The van der Waals surface area contributed by atoms with E-state index >= 15 is 0 Å². The van der Waals surface area contributed by atoms with E-state index in [0.29, 0.717) is 24.0 Å². The minimum atomic E-state index is -0.388. The molecule has 5 heteroatoms. The Hall–Kier alpha value is -2.56. The van der Waals surface area contributed by atoms with Crippen LogP contribution in [0, 0.1) is 0 Å². The van der Waals surface area contributed by atoms with E-state index in [1.165, 1.54) is 0 Å². The highest BCUT2D eigenvalue weighted by Crippen LogP contribution is 2.22. The van der Waals surface area contributed by atoms with Gasteiger partial charge in [-0.05, 0) is 37.3 Å². The average molecular weight is 273 g/mol. The minimum Gasteiger partial charge on any atom is -0.482 e. The number of carbonyl (C=O) groups is 1. The van der Waals surface area contributed by atoms with Crippen molar-refractivity contribution in [2.45, 2.75) is 6.92 Å². The fourth-order valence-corrected chi connectivity index (χ4v) is 1.48. The fraction of sp³-hybridized carbons (Fsp3) is 0.200. The van der Waals surface area contributed by atoms with E-state index in [9.17, 15) is 4.79 Å². The maximum Gasteiger partial charge on any atom is 0.344 e. The Labute approximate surface area is 117 Å². The summed E-state index contributed by atoms with van der Waals surface area (Å²) < 4.78 is 15.6. The van der Waals surface area contributed by atoms with Gasteiger partial charge in [0.05, 0.1) is 6.61 Å². The highest BCUT2D eigenvalue weighted by Gasteiger charge is 2.03. The van der Waals surface area contributed by atoms with Gasteiger partial charge in [-0.3, -0.25) is 0 Å². The lowest BCUT2D eigenvalue weighted by Gasteiger charge is -2.07. The fourth-order valence-electron chi connectivity index (χ4n) is 1.48. The molecule has 1 aromatic carbocycles. The van der Waals surface area contributed by atoms with Crippen molar-refractivity contribution in [3.8, 4) is 17.4 Å². The third kappa shape index (κ3) is 4.28. The molecule has 0 saturated heterocycles. The van der Waals surface area contributed by atoms with Crippen molar-refractivity contribution in [2.75, 3.05) is 13.2 Å². The monoisotopic (exact) mass is 273 g/mol. The summed E-state index contributed by atoms with van der Waals surface area (Å²) >= 11 is 0. The lowest BCUT2D eigenvalue weighted by atomic mass is 10.3. The van der Waals surface area contributed by atoms with Crippen molar-refractivity contribution in [1.82, 2.24) is 4.98 Å². The lowest BCUT2D eigenvalue weighted by molar-refractivity contribution is -0.145. The largest absolute Gasteiger partial charge is 0.482 e. The topological polar surface area (TPSA) is 57.7 Å². The molecule has 0 fully saturated rings. The van der Waals surface area contributed by atoms with E-state index in [1.807, 2.05) is 12.1 Å². The first kappa shape index (κ1) is 13.9. The summed E-state index contributed by atoms with van der Waals surface area (Å²) in [5, 5.41) is 0. The molecule has 104 valence electrons. The van der Waals surface area contributed by atoms with Gasteiger partial charge >= 0.3 is 5.97 Å². The maximum atomic E-state index is 11.1. The van der Waals surface area contributed by atoms with Crippen LogP contribution in [0.5, 0.6) is 17.4 Å². The van der Waals surface area contributed by atoms with Gasteiger partial charge in [-0.25, -0.2) is 9.78 Å². The van der Waals surface area contributed by atoms with Gasteiger partial charge in [0.25, 0.3) is 0 Å². The first-order chi connectivity index (χ1) is 9.78. The zero-order valence-electron chi connectivity index (χ0n) is 11.1. The number of aromatic nitrogens is 1. The van der Waals surface area contributed by atoms with Crippen LogP contribution in [-0.2, 0) is 9.53 Å². The van der Waals surface area contributed by atoms with E-state index < -0.39 is 0 Å². The Balaban J connectivity index is 1.88. The summed E-state index contributed by atoms with van der Waals surface area (Å²) in [5.74, 6) is 1.35. The molecule has 0 bridgehead atoms. The predicted molar refractivity (Wildman–Crippen MR) is 72.9 cm³/mol. The molecule has 0 saturated carbocycles. The second kappa shape index (κ2) is 7.13. The van der Waals surface area contributed by atoms with Gasteiger partial charge in [0.2, 0.25) is 5.88 Å². The molecule has 0 atom stereocenters. The zero-order valence-corrected chi connectivity index (χ0v) is 11.1. The third-order valence-corrected chi connectivity index (χ3v) is 2.35. The van der Waals surface area contributed by atoms with E-state index in [4.69, 9.17) is 14.2 Å². The molecule has 0 N–H and O–H groups in total. The summed E-state index contributed by atoms with van der Waals surface area (Å²) in [6.07, 6.45) is 1.66. The van der Waals surface area contributed by atoms with Crippen LogP contribution in [0.15, 0.2) is 48.7 Å². The Morgan fingerprint density at radius 1 is 1.10 bits per heavy atom. The molecule has 0 aliphatic carbocycles. The minimum absolute atomic E-state index is 0.103. The normalized spacial score (nSPS) is 9.85. The average Bonchev–Trinajstić information content (AvgIpc) is 2.48. The molecule has 5 nitrogen and oxygen atoms in total. The van der Waals surface area contributed by atoms with E-state index in [1.54, 1.807) is 43.5 Å². The SMILES string of the molecule is CCOC(=O)COc1ccc(Oc2ccccn2)cc1. The standard InChI is InChI=1S/C15H15NO4/c1-2-18-15(17)11-19-12-6-8-13(9-7-12)20-14-5-3-4-10-16-14/h3-10H,2,11H2,1H3. The quantitative estimate of drug-likeness (QED) is 0.757. The number of hydrogen-bond acceptors (Lipinski definition) is 5. The van der Waals surface area contributed by atoms with E-state index in [0.717, 1.165) is 0 Å². The van der Waals surface area contributed by atoms with Crippen LogP contribution in [0.1, 0.15) is 6.92 Å². The maximum absolute atomic E-state index is 11.1. The highest BCUT2D eigenvalue weighted by molar-refractivity contribution is 5.71. The van der Waals surface area contributed by atoms with Gasteiger partial charge in [0.1, 0.15) is 11.5 Å². The number of ether oxygens (including phenoxy) is 3. The lowest BCUT2D eigenvalue weighted by Crippen LogP contribution is -2.14. The summed E-state index contributed by atoms with van der Waals surface area (Å²) in [6.45, 7) is 2.00. The highest BCUT2D eigenvalue weighted by atomic mass is 16.6. The van der Waals surface area contributed by atoms with Crippen LogP contribution in [0.25, 0.3) is 0 Å². The molecule has 1 heterocycles. The van der Waals surface area contributed by atoms with E-state index in [2.05, 4.69) is 4.98 Å². The number of esters is 1. The summed E-state index contributed by atoms with van der Waals surface area (Å²) in [5.41, 5.74) is 0. The number of pyridine rings is 1. The molecule has 2 rings (SSSR count). The van der Waals surface area contributed by atoms with Gasteiger partial charge in [-0.15, -0.1) is 0 Å². The van der Waals surface area contributed by atoms with Gasteiger partial charge in [0, 0.05) is 12.3 Å². The zero-order chi connectivity index (χ0) is 14.2. The Kier molecular flexibility index (Phi) is 4.94. The van der Waals surface area contributed by atoms with Crippen molar-refractivity contribution in [3.05, 3.63) is 48.7 Å². The van der Waals surface area contributed by atoms with Crippen LogP contribution < -0.4 is 9.47 Å². The van der Waals surface area contributed by atoms with Crippen molar-refractivity contribution in [1.29, 1.82) is 0 Å². The van der Waals surface area contributed by atoms with Crippen molar-refractivity contribution in [2.24, 2.45) is 0 Å². The Morgan fingerprint density at radius 2 is 1.85 bits per heavy atom. The molecule has 0 unspecified atom stereocenters. The molecule has 0 spiro atoms. The summed E-state index contributed by atoms with van der Waals surface area (Å²) in [6, 6.07) is 12.4. The van der Waals surface area contributed by atoms with Crippen LogP contribution in [0.2, 0.25) is 0 Å². The molecule has 2 aromatic rings. The number of carbonyl (C=O) groups excluding carboxylic acids is 1. The molecule has 1 aromatic heterocycles. The van der Waals surface area contributed by atoms with Gasteiger partial charge in [0.15, 0.2) is 6.61 Å². The molecule has 20 heavy (non-hydrogen) atoms. The molecule has 0 radical (unpaired) electrons. The Morgan fingerprint density at radius 3 is 2.50 bits per heavy atom. The van der Waals surface area contributed by atoms with Crippen molar-refractivity contribution >= 4 is 5.97 Å². The van der Waals surface area contributed by atoms with Gasteiger partial charge in [-0.2, -0.15) is 0 Å². The van der Waals surface area contributed by atoms with Crippen LogP contribution in [0.3, 0.4) is 0 Å². The summed E-state index contributed by atoms with van der Waals surface area (Å²) in [4.78, 5) is 15.2. The van der Waals surface area contributed by atoms with Crippen molar-refractivity contribution < 1.29 is 19.0 Å². The predicted octanol–water partition coefficient (Wildman–Crippen LogP) is 2.82. The molecular formula is C15H15NO4. The first-order valence-corrected chi connectivity index (χ1v) is 6.25. The first-order valence-electron chi connectivity index (χ1n) is 6.25. The van der Waals surface area contributed by atoms with Crippen LogP contribution in [0.4, 0.5) is 0 Å². The number of nitrogens with zero attached hydrogens (tertiary/aromatic N) is 1. The smallest absolute Gasteiger partial charge is 0.344 e. The Bertz CT molecular complexity index is 540. The molecule has 0 amide bonds. The van der Waals surface area contributed by atoms with E-state index in [-0.39, 0.29) is 12.6 Å². The van der Waals surface area contributed by atoms with Gasteiger partial charge < -0.3 is 14.2 Å². The third-order valence-electron chi connectivity index (χ3n) is 2.35. The van der Waals surface area contributed by atoms with Crippen molar-refractivity contribution in [3.63, 3.8) is 0 Å². The second-order valence-electron chi connectivity index (χ2n) is 3.84. The number of hydrogen-bond donors (Lipinski definition) is 0. The van der Waals surface area contributed by atoms with Crippen LogP contribution in [-0.4, -0.2) is 24.2 Å². The molecule has 0 aliphatic heterocycles. The van der Waals surface area contributed by atoms with Gasteiger partial charge in [-0.1, -0.05) is 6.07 Å².